The molecule has 1 fully saturated rings. The first-order chi connectivity index (χ1) is 3.75. The van der Waals surface area contributed by atoms with E-state index in [2.05, 4.69) is 0 Å². The molecule has 0 aliphatic heterocycles. The summed E-state index contributed by atoms with van der Waals surface area (Å²) in [6, 6.07) is 0. The highest BCUT2D eigenvalue weighted by Gasteiger charge is 2.40. The van der Waals surface area contributed by atoms with Crippen LogP contribution in [0, 0.1) is 5.92 Å². The van der Waals surface area contributed by atoms with Crippen LogP contribution in [0.1, 0.15) is 13.3 Å². The number of hydrogen-bond donors (Lipinski definition) is 0. The van der Waals surface area contributed by atoms with E-state index in [4.69, 9.17) is 4.74 Å². The molecule has 2 heteroatoms. The Balaban J connectivity index is 2.26. The Kier molecular flexibility index (Phi) is 1.34. The van der Waals surface area contributed by atoms with Gasteiger partial charge in [0.05, 0.1) is 6.10 Å². The Hall–Kier alpha value is -0.370. The van der Waals surface area contributed by atoms with Gasteiger partial charge < -0.3 is 4.74 Å². The van der Waals surface area contributed by atoms with Crippen LogP contribution in [0.3, 0.4) is 0 Å². The third kappa shape index (κ3) is 0.892. The molecule has 0 heterocycles. The van der Waals surface area contributed by atoms with Gasteiger partial charge >= 0.3 is 0 Å². The molecule has 0 N–H and O–H groups in total. The van der Waals surface area contributed by atoms with E-state index in [0.29, 0.717) is 0 Å². The highest BCUT2D eigenvalue weighted by atomic mass is 16.5. The zero-order valence-electron chi connectivity index (χ0n) is 5.18. The molecule has 0 bridgehead atoms. The van der Waals surface area contributed by atoms with E-state index < -0.39 is 0 Å². The highest BCUT2D eigenvalue weighted by Crippen LogP contribution is 2.33. The lowest BCUT2D eigenvalue weighted by molar-refractivity contribution is -0.118. The van der Waals surface area contributed by atoms with Crippen molar-refractivity contribution >= 4 is 5.78 Å². The van der Waals surface area contributed by atoms with Crippen LogP contribution in [0.5, 0.6) is 0 Å². The molecule has 0 amide bonds. The quantitative estimate of drug-likeness (QED) is 0.525. The Morgan fingerprint density at radius 1 is 1.75 bits per heavy atom. The van der Waals surface area contributed by atoms with E-state index in [1.807, 2.05) is 0 Å². The van der Waals surface area contributed by atoms with Crippen molar-refractivity contribution in [1.82, 2.24) is 0 Å². The fourth-order valence-corrected chi connectivity index (χ4v) is 0.860. The van der Waals surface area contributed by atoms with Crippen LogP contribution in [-0.4, -0.2) is 19.0 Å². The minimum Gasteiger partial charge on any atom is -0.381 e. The van der Waals surface area contributed by atoms with Gasteiger partial charge in [0, 0.05) is 13.0 Å². The van der Waals surface area contributed by atoms with Gasteiger partial charge in [-0.05, 0) is 13.3 Å². The predicted molar refractivity (Wildman–Crippen MR) is 29.6 cm³/mol. The lowest BCUT2D eigenvalue weighted by Crippen LogP contribution is -1.99. The minimum absolute atomic E-state index is 0.222. The molecule has 2 nitrogen and oxygen atoms in total. The normalized spacial score (nSPS) is 34.8. The summed E-state index contributed by atoms with van der Waals surface area (Å²) < 4.78 is 4.91. The van der Waals surface area contributed by atoms with Gasteiger partial charge in [0.2, 0.25) is 0 Å². The van der Waals surface area contributed by atoms with Gasteiger partial charge in [-0.3, -0.25) is 4.79 Å². The molecule has 0 unspecified atom stereocenters. The minimum atomic E-state index is 0.222. The Bertz CT molecular complexity index is 109. The maximum atomic E-state index is 10.5. The molecule has 1 aliphatic rings. The average Bonchev–Trinajstić information content (AvgIpc) is 2.42. The molecule has 1 rings (SSSR count). The summed E-state index contributed by atoms with van der Waals surface area (Å²) in [5.41, 5.74) is 0. The summed E-state index contributed by atoms with van der Waals surface area (Å²) >= 11 is 0. The van der Waals surface area contributed by atoms with Crippen molar-refractivity contribution < 1.29 is 9.53 Å². The molecule has 0 aromatic rings. The summed E-state index contributed by atoms with van der Waals surface area (Å²) in [6.45, 7) is 1.61. The van der Waals surface area contributed by atoms with Crippen LogP contribution >= 0.6 is 0 Å². The van der Waals surface area contributed by atoms with Crippen molar-refractivity contribution in [1.29, 1.82) is 0 Å². The number of hydrogen-bond acceptors (Lipinski definition) is 2. The second-order valence-electron chi connectivity index (χ2n) is 2.23. The third-order valence-electron chi connectivity index (χ3n) is 1.56. The van der Waals surface area contributed by atoms with Crippen LogP contribution < -0.4 is 0 Å². The molecular formula is C6H10O2. The second kappa shape index (κ2) is 1.86. The van der Waals surface area contributed by atoms with Gasteiger partial charge in [-0.15, -0.1) is 0 Å². The molecule has 2 atom stereocenters. The Labute approximate surface area is 48.8 Å². The average molecular weight is 114 g/mol. The first kappa shape index (κ1) is 5.76. The van der Waals surface area contributed by atoms with Crippen LogP contribution in [0.15, 0.2) is 0 Å². The lowest BCUT2D eigenvalue weighted by Gasteiger charge is -1.88. The molecule has 0 saturated heterocycles. The first-order valence-corrected chi connectivity index (χ1v) is 2.79. The van der Waals surface area contributed by atoms with Gasteiger partial charge in [-0.2, -0.15) is 0 Å². The maximum Gasteiger partial charge on any atom is 0.135 e. The molecule has 1 saturated carbocycles. The molecule has 46 valence electrons. The first-order valence-electron chi connectivity index (χ1n) is 2.79. The number of methoxy groups -OCH3 is 1. The smallest absolute Gasteiger partial charge is 0.135 e. The van der Waals surface area contributed by atoms with Crippen molar-refractivity contribution in [3.05, 3.63) is 0 Å². The fourth-order valence-electron chi connectivity index (χ4n) is 0.860. The van der Waals surface area contributed by atoms with E-state index >= 15 is 0 Å². The maximum absolute atomic E-state index is 10.5. The number of carbonyl (C=O) groups is 1. The van der Waals surface area contributed by atoms with Crippen molar-refractivity contribution in [2.75, 3.05) is 7.11 Å². The van der Waals surface area contributed by atoms with Gasteiger partial charge in [-0.25, -0.2) is 0 Å². The molecule has 8 heavy (non-hydrogen) atoms. The molecule has 1 aliphatic carbocycles. The summed E-state index contributed by atoms with van der Waals surface area (Å²) in [4.78, 5) is 10.5. The number of Topliss-reactive ketones (excluding diaryl/α,β-unsaturated/α-hetero) is 1. The molecule has 0 spiro atoms. The highest BCUT2D eigenvalue weighted by molar-refractivity contribution is 5.81. The summed E-state index contributed by atoms with van der Waals surface area (Å²) in [5.74, 6) is 0.483. The SMILES string of the molecule is CO[C@@H]1C[C@H]1C(C)=O. The van der Waals surface area contributed by atoms with Gasteiger partial charge in [0.1, 0.15) is 5.78 Å². The van der Waals surface area contributed by atoms with Gasteiger partial charge in [0.15, 0.2) is 0 Å². The van der Waals surface area contributed by atoms with E-state index in [-0.39, 0.29) is 17.8 Å². The van der Waals surface area contributed by atoms with Crippen LogP contribution in [-0.2, 0) is 9.53 Å². The zero-order chi connectivity index (χ0) is 6.15. The van der Waals surface area contributed by atoms with Crippen LogP contribution in [0.2, 0.25) is 0 Å². The van der Waals surface area contributed by atoms with E-state index in [0.717, 1.165) is 6.42 Å². The topological polar surface area (TPSA) is 26.3 Å². The summed E-state index contributed by atoms with van der Waals surface area (Å²) in [6.07, 6.45) is 1.18. The monoisotopic (exact) mass is 114 g/mol. The number of ketones is 1. The van der Waals surface area contributed by atoms with Crippen LogP contribution in [0.4, 0.5) is 0 Å². The van der Waals surface area contributed by atoms with E-state index in [9.17, 15) is 4.79 Å². The second-order valence-corrected chi connectivity index (χ2v) is 2.23. The van der Waals surface area contributed by atoms with Crippen molar-refractivity contribution in [2.24, 2.45) is 5.92 Å². The molecular weight excluding hydrogens is 104 g/mol. The molecule has 0 aromatic carbocycles. The van der Waals surface area contributed by atoms with E-state index in [1.165, 1.54) is 0 Å². The molecule has 0 radical (unpaired) electrons. The number of ether oxygens (including phenoxy) is 1. The van der Waals surface area contributed by atoms with Crippen molar-refractivity contribution in [3.63, 3.8) is 0 Å². The number of rotatable bonds is 2. The number of carbonyl (C=O) groups excluding carboxylic acids is 1. The van der Waals surface area contributed by atoms with Crippen LogP contribution in [0.25, 0.3) is 0 Å². The lowest BCUT2D eigenvalue weighted by atomic mass is 10.3. The fraction of sp³-hybridized carbons (Fsp3) is 0.833. The zero-order valence-corrected chi connectivity index (χ0v) is 5.18. The van der Waals surface area contributed by atoms with Crippen molar-refractivity contribution in [3.8, 4) is 0 Å². The van der Waals surface area contributed by atoms with Gasteiger partial charge in [-0.1, -0.05) is 0 Å². The Morgan fingerprint density at radius 3 is 2.50 bits per heavy atom. The third-order valence-corrected chi connectivity index (χ3v) is 1.56. The van der Waals surface area contributed by atoms with Gasteiger partial charge in [0.25, 0.3) is 0 Å². The van der Waals surface area contributed by atoms with Crippen molar-refractivity contribution in [2.45, 2.75) is 19.4 Å². The Morgan fingerprint density at radius 2 is 2.38 bits per heavy atom. The van der Waals surface area contributed by atoms with E-state index in [1.54, 1.807) is 14.0 Å². The molecule has 0 aromatic heterocycles. The summed E-state index contributed by atoms with van der Waals surface area (Å²) in [5, 5.41) is 0. The predicted octanol–water partition coefficient (Wildman–Crippen LogP) is 0.610. The standard InChI is InChI=1S/C6H10O2/c1-4(7)5-3-6(5)8-2/h5-6H,3H2,1-2H3/t5-,6+/m0/s1. The largest absolute Gasteiger partial charge is 0.381 e. The summed E-state index contributed by atoms with van der Waals surface area (Å²) in [7, 11) is 1.65.